The van der Waals surface area contributed by atoms with Gasteiger partial charge in [-0.15, -0.1) is 10.1 Å². The smallest absolute Gasteiger partial charge is 0.294 e. The summed E-state index contributed by atoms with van der Waals surface area (Å²) in [4.78, 5) is 17.8. The fourth-order valence-corrected chi connectivity index (χ4v) is 0.918. The Hall–Kier alpha value is -2.56. The van der Waals surface area contributed by atoms with Crippen molar-refractivity contribution in [3.05, 3.63) is 34.3 Å². The summed E-state index contributed by atoms with van der Waals surface area (Å²) in [7, 11) is 0. The van der Waals surface area contributed by atoms with E-state index in [-0.39, 0.29) is 19.0 Å². The monoisotopic (exact) mass is 224 g/mol. The standard InChI is InChI=1S/C8H8N4O4/c9-6-11-8(7-2-1-4-15-7)10-3-5-16-12(13)14/h1-2,4H,3,5H2,(H,10,11). The van der Waals surface area contributed by atoms with E-state index in [0.29, 0.717) is 5.76 Å². The maximum absolute atomic E-state index is 9.85. The molecule has 0 amide bonds. The van der Waals surface area contributed by atoms with Gasteiger partial charge < -0.3 is 9.25 Å². The van der Waals surface area contributed by atoms with Crippen molar-refractivity contribution in [3.63, 3.8) is 0 Å². The van der Waals surface area contributed by atoms with Gasteiger partial charge in [-0.3, -0.25) is 10.3 Å². The second kappa shape index (κ2) is 6.02. The number of amidine groups is 1. The minimum Gasteiger partial charge on any atom is -0.461 e. The molecule has 0 fully saturated rings. The highest BCUT2D eigenvalue weighted by Gasteiger charge is 2.05. The average molecular weight is 224 g/mol. The van der Waals surface area contributed by atoms with Crippen LogP contribution in [0, 0.1) is 21.6 Å². The van der Waals surface area contributed by atoms with Crippen molar-refractivity contribution < 1.29 is 14.3 Å². The first-order valence-electron chi connectivity index (χ1n) is 4.25. The third kappa shape index (κ3) is 3.67. The highest BCUT2D eigenvalue weighted by molar-refractivity contribution is 5.97. The van der Waals surface area contributed by atoms with E-state index in [9.17, 15) is 10.1 Å². The predicted molar refractivity (Wildman–Crippen MR) is 51.8 cm³/mol. The van der Waals surface area contributed by atoms with E-state index in [1.165, 1.54) is 6.26 Å². The molecule has 16 heavy (non-hydrogen) atoms. The minimum absolute atomic E-state index is 0.0473. The van der Waals surface area contributed by atoms with Gasteiger partial charge in [0.15, 0.2) is 17.8 Å². The number of furan rings is 1. The lowest BCUT2D eigenvalue weighted by atomic mass is 10.4. The molecule has 0 unspecified atom stereocenters. The molecule has 1 N–H and O–H groups in total. The predicted octanol–water partition coefficient (Wildman–Crippen LogP) is 0.305. The average Bonchev–Trinajstić information content (AvgIpc) is 2.75. The molecule has 1 rings (SSSR count). The van der Waals surface area contributed by atoms with E-state index in [1.54, 1.807) is 18.3 Å². The first kappa shape index (κ1) is 11.5. The maximum atomic E-state index is 9.85. The topological polar surface area (TPSA) is 114 Å². The molecule has 0 aromatic carbocycles. The van der Waals surface area contributed by atoms with Crippen LogP contribution in [0.3, 0.4) is 0 Å². The van der Waals surface area contributed by atoms with Gasteiger partial charge in [-0.05, 0) is 12.1 Å². The molecule has 0 aliphatic carbocycles. The molecular formula is C8H8N4O4. The summed E-state index contributed by atoms with van der Waals surface area (Å²) < 4.78 is 5.01. The quantitative estimate of drug-likeness (QED) is 0.146. The second-order valence-corrected chi connectivity index (χ2v) is 2.50. The molecule has 1 aromatic rings. The summed E-state index contributed by atoms with van der Waals surface area (Å²) >= 11 is 0. The van der Waals surface area contributed by atoms with Gasteiger partial charge in [0, 0.05) is 0 Å². The molecule has 0 radical (unpaired) electrons. The molecule has 0 aliphatic heterocycles. The van der Waals surface area contributed by atoms with Crippen molar-refractivity contribution in [1.82, 2.24) is 5.32 Å². The van der Waals surface area contributed by atoms with Crippen LogP contribution in [-0.2, 0) is 4.84 Å². The summed E-state index contributed by atoms with van der Waals surface area (Å²) in [6, 6.07) is 3.25. The zero-order chi connectivity index (χ0) is 11.8. The Labute approximate surface area is 90.2 Å². The number of nitriles is 1. The molecule has 8 heteroatoms. The van der Waals surface area contributed by atoms with Gasteiger partial charge in [0.2, 0.25) is 0 Å². The van der Waals surface area contributed by atoms with Crippen molar-refractivity contribution in [1.29, 1.82) is 5.26 Å². The summed E-state index contributed by atoms with van der Waals surface area (Å²) in [6.07, 6.45) is 3.12. The fourth-order valence-electron chi connectivity index (χ4n) is 0.918. The third-order valence-corrected chi connectivity index (χ3v) is 1.49. The molecule has 0 saturated carbocycles. The SMILES string of the molecule is N#CNC(=NCCO[N+](=O)[O-])c1ccco1. The van der Waals surface area contributed by atoms with Crippen LogP contribution in [0.2, 0.25) is 0 Å². The Balaban J connectivity index is 2.54. The Morgan fingerprint density at radius 2 is 2.62 bits per heavy atom. The van der Waals surface area contributed by atoms with Crippen LogP contribution in [0.1, 0.15) is 5.76 Å². The Morgan fingerprint density at radius 1 is 1.81 bits per heavy atom. The summed E-state index contributed by atoms with van der Waals surface area (Å²) in [5.74, 6) is 0.585. The zero-order valence-electron chi connectivity index (χ0n) is 8.12. The Kier molecular flexibility index (Phi) is 4.34. The van der Waals surface area contributed by atoms with Gasteiger partial charge in [0.1, 0.15) is 6.61 Å². The first-order chi connectivity index (χ1) is 7.74. The minimum atomic E-state index is -0.903. The van der Waals surface area contributed by atoms with Crippen molar-refractivity contribution in [3.8, 4) is 6.19 Å². The summed E-state index contributed by atoms with van der Waals surface area (Å²) in [6.45, 7) is -0.129. The molecule has 0 atom stereocenters. The van der Waals surface area contributed by atoms with Gasteiger partial charge in [0.05, 0.1) is 12.8 Å². The summed E-state index contributed by atoms with van der Waals surface area (Å²) in [5.41, 5.74) is 0. The molecule has 1 heterocycles. The van der Waals surface area contributed by atoms with Gasteiger partial charge in [-0.1, -0.05) is 0 Å². The van der Waals surface area contributed by atoms with Crippen LogP contribution in [0.5, 0.6) is 0 Å². The van der Waals surface area contributed by atoms with Gasteiger partial charge in [-0.25, -0.2) is 0 Å². The molecule has 0 spiro atoms. The molecule has 1 aromatic heterocycles. The lowest BCUT2D eigenvalue weighted by Crippen LogP contribution is -2.19. The van der Waals surface area contributed by atoms with Gasteiger partial charge in [0.25, 0.3) is 5.09 Å². The lowest BCUT2D eigenvalue weighted by Gasteiger charge is -2.00. The number of aliphatic imine (C=N–C) groups is 1. The summed E-state index contributed by atoms with van der Waals surface area (Å²) in [5, 5.41) is 19.7. The molecule has 84 valence electrons. The van der Waals surface area contributed by atoms with Gasteiger partial charge >= 0.3 is 0 Å². The molecular weight excluding hydrogens is 216 g/mol. The third-order valence-electron chi connectivity index (χ3n) is 1.49. The number of nitrogens with zero attached hydrogens (tertiary/aromatic N) is 3. The molecule has 0 bridgehead atoms. The van der Waals surface area contributed by atoms with Crippen LogP contribution in [0.4, 0.5) is 0 Å². The van der Waals surface area contributed by atoms with Crippen LogP contribution in [-0.4, -0.2) is 24.1 Å². The molecule has 8 nitrogen and oxygen atoms in total. The zero-order valence-corrected chi connectivity index (χ0v) is 8.12. The number of nitrogens with one attached hydrogen (secondary N) is 1. The molecule has 0 aliphatic rings. The Bertz CT molecular complexity index is 406. The van der Waals surface area contributed by atoms with Crippen LogP contribution < -0.4 is 5.32 Å². The van der Waals surface area contributed by atoms with Crippen molar-refractivity contribution in [2.75, 3.05) is 13.2 Å². The fraction of sp³-hybridized carbons (Fsp3) is 0.250. The second-order valence-electron chi connectivity index (χ2n) is 2.50. The van der Waals surface area contributed by atoms with Crippen LogP contribution in [0.15, 0.2) is 27.8 Å². The number of hydrogen-bond acceptors (Lipinski definition) is 6. The van der Waals surface area contributed by atoms with E-state index >= 15 is 0 Å². The van der Waals surface area contributed by atoms with Crippen molar-refractivity contribution >= 4 is 5.84 Å². The van der Waals surface area contributed by atoms with E-state index in [1.807, 2.05) is 0 Å². The first-order valence-corrected chi connectivity index (χ1v) is 4.25. The van der Waals surface area contributed by atoms with Crippen molar-refractivity contribution in [2.24, 2.45) is 4.99 Å². The highest BCUT2D eigenvalue weighted by Crippen LogP contribution is 2.00. The lowest BCUT2D eigenvalue weighted by molar-refractivity contribution is -0.757. The van der Waals surface area contributed by atoms with Crippen LogP contribution >= 0.6 is 0 Å². The number of hydrogen-bond donors (Lipinski definition) is 1. The van der Waals surface area contributed by atoms with Crippen molar-refractivity contribution in [2.45, 2.75) is 0 Å². The van der Waals surface area contributed by atoms with E-state index < -0.39 is 5.09 Å². The highest BCUT2D eigenvalue weighted by atomic mass is 16.9. The van der Waals surface area contributed by atoms with E-state index in [2.05, 4.69) is 15.1 Å². The molecule has 0 saturated heterocycles. The van der Waals surface area contributed by atoms with Crippen LogP contribution in [0.25, 0.3) is 0 Å². The van der Waals surface area contributed by atoms with Gasteiger partial charge in [-0.2, -0.15) is 5.26 Å². The largest absolute Gasteiger partial charge is 0.461 e. The van der Waals surface area contributed by atoms with E-state index in [0.717, 1.165) is 0 Å². The van der Waals surface area contributed by atoms with E-state index in [4.69, 9.17) is 9.68 Å². The normalized spacial score (nSPS) is 10.6. The number of rotatable bonds is 5. The maximum Gasteiger partial charge on any atom is 0.294 e. The Morgan fingerprint density at radius 3 is 3.19 bits per heavy atom.